The van der Waals surface area contributed by atoms with Gasteiger partial charge in [-0.1, -0.05) is 6.08 Å². The summed E-state index contributed by atoms with van der Waals surface area (Å²) in [4.78, 5) is 35.6. The zero-order valence-corrected chi connectivity index (χ0v) is 21.5. The number of nitrogens with two attached hydrogens (primary N) is 1. The number of fused-ring (bicyclic) bond motifs is 1. The van der Waals surface area contributed by atoms with E-state index in [-0.39, 0.29) is 28.8 Å². The van der Waals surface area contributed by atoms with Crippen LogP contribution in [0.3, 0.4) is 0 Å². The van der Waals surface area contributed by atoms with Crippen molar-refractivity contribution in [3.8, 4) is 17.6 Å². The molecule has 1 aromatic carbocycles. The van der Waals surface area contributed by atoms with Gasteiger partial charge < -0.3 is 30.7 Å². The van der Waals surface area contributed by atoms with Gasteiger partial charge in [0.2, 0.25) is 5.95 Å². The number of ether oxygens (including phenoxy) is 2. The van der Waals surface area contributed by atoms with Crippen LogP contribution in [-0.4, -0.2) is 64.9 Å². The molecule has 38 heavy (non-hydrogen) atoms. The average Bonchev–Trinajstić information content (AvgIpc) is 3.42. The van der Waals surface area contributed by atoms with Crippen molar-refractivity contribution in [3.63, 3.8) is 0 Å². The SMILES string of the molecule is C/C=C(/C#N)C(=O)N1CCC(CNc2nc(Nc3cc(OC)cc(OC)c3)c(C(N)=O)c3nccn23)CC1. The van der Waals surface area contributed by atoms with E-state index in [0.29, 0.717) is 48.4 Å². The first-order valence-electron chi connectivity index (χ1n) is 12.1. The monoisotopic (exact) mass is 518 g/mol. The summed E-state index contributed by atoms with van der Waals surface area (Å²) in [5, 5.41) is 15.7. The topological polar surface area (TPSA) is 160 Å². The number of hydrogen-bond donors (Lipinski definition) is 3. The van der Waals surface area contributed by atoms with Crippen LogP contribution in [0.1, 0.15) is 30.1 Å². The van der Waals surface area contributed by atoms with E-state index >= 15 is 0 Å². The van der Waals surface area contributed by atoms with E-state index in [0.717, 1.165) is 12.8 Å². The maximum Gasteiger partial charge on any atom is 0.264 e. The summed E-state index contributed by atoms with van der Waals surface area (Å²) in [6, 6.07) is 7.19. The predicted octanol–water partition coefficient (Wildman–Crippen LogP) is 2.71. The maximum absolute atomic E-state index is 12.5. The van der Waals surface area contributed by atoms with Crippen molar-refractivity contribution >= 4 is 34.9 Å². The molecular formula is C26H30N8O4. The average molecular weight is 519 g/mol. The Labute approximate surface area is 220 Å². The lowest BCUT2D eigenvalue weighted by atomic mass is 9.96. The Bertz CT molecular complexity index is 1390. The van der Waals surface area contributed by atoms with E-state index < -0.39 is 5.91 Å². The summed E-state index contributed by atoms with van der Waals surface area (Å²) in [5.74, 6) is 1.24. The molecule has 0 saturated carbocycles. The molecule has 3 aromatic rings. The Morgan fingerprint density at radius 3 is 2.47 bits per heavy atom. The molecule has 1 aliphatic heterocycles. The number of primary amides is 1. The van der Waals surface area contributed by atoms with Gasteiger partial charge in [0.15, 0.2) is 11.5 Å². The molecule has 0 aliphatic carbocycles. The van der Waals surface area contributed by atoms with Crippen LogP contribution in [0.25, 0.3) is 5.65 Å². The molecule has 2 aromatic heterocycles. The molecule has 0 atom stereocenters. The number of hydrogen-bond acceptors (Lipinski definition) is 9. The van der Waals surface area contributed by atoms with Gasteiger partial charge in [0.1, 0.15) is 28.7 Å². The van der Waals surface area contributed by atoms with Crippen LogP contribution in [0.15, 0.2) is 42.2 Å². The second-order valence-electron chi connectivity index (χ2n) is 8.80. The van der Waals surface area contributed by atoms with Gasteiger partial charge in [-0.2, -0.15) is 10.2 Å². The van der Waals surface area contributed by atoms with Gasteiger partial charge in [-0.15, -0.1) is 0 Å². The highest BCUT2D eigenvalue weighted by atomic mass is 16.5. The van der Waals surface area contributed by atoms with Crippen molar-refractivity contribution in [2.75, 3.05) is 44.5 Å². The van der Waals surface area contributed by atoms with E-state index in [9.17, 15) is 9.59 Å². The third kappa shape index (κ3) is 5.46. The Hall–Kier alpha value is -4.79. The summed E-state index contributed by atoms with van der Waals surface area (Å²) in [7, 11) is 3.10. The minimum Gasteiger partial charge on any atom is -0.497 e. The van der Waals surface area contributed by atoms with Gasteiger partial charge in [0.25, 0.3) is 11.8 Å². The Balaban J connectivity index is 1.55. The van der Waals surface area contributed by atoms with Gasteiger partial charge in [-0.3, -0.25) is 14.0 Å². The van der Waals surface area contributed by atoms with Gasteiger partial charge >= 0.3 is 0 Å². The summed E-state index contributed by atoms with van der Waals surface area (Å²) in [5.41, 5.74) is 6.99. The second-order valence-corrected chi connectivity index (χ2v) is 8.80. The number of likely N-dealkylation sites (tertiary alicyclic amines) is 1. The summed E-state index contributed by atoms with van der Waals surface area (Å²) in [6.45, 7) is 3.43. The summed E-state index contributed by atoms with van der Waals surface area (Å²) < 4.78 is 12.4. The van der Waals surface area contributed by atoms with Crippen molar-refractivity contribution in [1.29, 1.82) is 5.26 Å². The lowest BCUT2D eigenvalue weighted by molar-refractivity contribution is -0.128. The fourth-order valence-corrected chi connectivity index (χ4v) is 4.42. The molecule has 0 unspecified atom stereocenters. The number of amides is 2. The van der Waals surface area contributed by atoms with E-state index in [2.05, 4.69) is 20.6 Å². The number of nitrogens with zero attached hydrogens (tertiary/aromatic N) is 5. The number of piperidine rings is 1. The highest BCUT2D eigenvalue weighted by molar-refractivity contribution is 6.04. The van der Waals surface area contributed by atoms with E-state index in [1.165, 1.54) is 0 Å². The highest BCUT2D eigenvalue weighted by Crippen LogP contribution is 2.30. The third-order valence-electron chi connectivity index (χ3n) is 6.50. The number of rotatable bonds is 9. The Morgan fingerprint density at radius 1 is 1.21 bits per heavy atom. The molecule has 198 valence electrons. The predicted molar refractivity (Wildman–Crippen MR) is 141 cm³/mol. The number of nitrogens with one attached hydrogen (secondary N) is 2. The first-order chi connectivity index (χ1) is 18.4. The summed E-state index contributed by atoms with van der Waals surface area (Å²) in [6.07, 6.45) is 6.38. The van der Waals surface area contributed by atoms with Crippen LogP contribution in [0.4, 0.5) is 17.5 Å². The van der Waals surface area contributed by atoms with Crippen LogP contribution in [-0.2, 0) is 4.79 Å². The molecule has 0 bridgehead atoms. The molecule has 2 amide bonds. The fourth-order valence-electron chi connectivity index (χ4n) is 4.42. The minimum absolute atomic E-state index is 0.145. The van der Waals surface area contributed by atoms with Crippen LogP contribution >= 0.6 is 0 Å². The van der Waals surface area contributed by atoms with E-state index in [1.807, 2.05) is 6.07 Å². The van der Waals surface area contributed by atoms with Crippen molar-refractivity contribution < 1.29 is 19.1 Å². The number of allylic oxidation sites excluding steroid dienone is 1. The van der Waals surface area contributed by atoms with E-state index in [4.69, 9.17) is 20.5 Å². The number of aromatic nitrogens is 3. The fraction of sp³-hybridized carbons (Fsp3) is 0.346. The maximum atomic E-state index is 12.5. The first kappa shape index (κ1) is 26.3. The molecule has 1 saturated heterocycles. The molecule has 3 heterocycles. The molecule has 1 aliphatic rings. The van der Waals surface area contributed by atoms with E-state index in [1.54, 1.807) is 67.1 Å². The molecular weight excluding hydrogens is 488 g/mol. The normalized spacial score (nSPS) is 14.2. The smallest absolute Gasteiger partial charge is 0.264 e. The first-order valence-corrected chi connectivity index (χ1v) is 12.1. The van der Waals surface area contributed by atoms with Crippen molar-refractivity contribution in [2.24, 2.45) is 11.7 Å². The number of carbonyl (C=O) groups excluding carboxylic acids is 2. The molecule has 12 nitrogen and oxygen atoms in total. The molecule has 0 radical (unpaired) electrons. The quantitative estimate of drug-likeness (QED) is 0.286. The number of nitriles is 1. The van der Waals surface area contributed by atoms with Gasteiger partial charge in [0, 0.05) is 55.9 Å². The van der Waals surface area contributed by atoms with Crippen LogP contribution in [0.5, 0.6) is 11.5 Å². The third-order valence-corrected chi connectivity index (χ3v) is 6.50. The van der Waals surface area contributed by atoms with Gasteiger partial charge in [-0.05, 0) is 25.7 Å². The second kappa shape index (κ2) is 11.5. The minimum atomic E-state index is -0.674. The van der Waals surface area contributed by atoms with Gasteiger partial charge in [0.05, 0.1) is 14.2 Å². The number of carbonyl (C=O) groups is 2. The zero-order chi connectivity index (χ0) is 27.2. The van der Waals surface area contributed by atoms with Crippen LogP contribution in [0.2, 0.25) is 0 Å². The lowest BCUT2D eigenvalue weighted by Crippen LogP contribution is -2.40. The number of benzene rings is 1. The van der Waals surface area contributed by atoms with Crippen LogP contribution < -0.4 is 25.8 Å². The van der Waals surface area contributed by atoms with Gasteiger partial charge in [-0.25, -0.2) is 4.98 Å². The molecule has 12 heteroatoms. The lowest BCUT2D eigenvalue weighted by Gasteiger charge is -2.32. The van der Waals surface area contributed by atoms with Crippen LogP contribution in [0, 0.1) is 17.2 Å². The number of anilines is 3. The van der Waals surface area contributed by atoms with Crippen molar-refractivity contribution in [2.45, 2.75) is 19.8 Å². The standard InChI is InChI=1S/C26H30N8O4/c1-4-17(14-27)25(36)33-8-5-16(6-9-33)15-30-26-32-23(21(22(28)35)24-29-7-10-34(24)26)31-18-11-19(37-2)13-20(12-18)38-3/h4,7,10-13,16,31H,5-6,8-9,15H2,1-3H3,(H2,28,35)(H,30,32)/b17-4-. The highest BCUT2D eigenvalue weighted by Gasteiger charge is 2.25. The Kier molecular flexibility index (Phi) is 7.96. The molecule has 1 fully saturated rings. The number of methoxy groups -OCH3 is 2. The number of imidazole rings is 1. The molecule has 0 spiro atoms. The van der Waals surface area contributed by atoms with Crippen molar-refractivity contribution in [3.05, 3.63) is 47.8 Å². The molecule has 4 N–H and O–H groups in total. The molecule has 4 rings (SSSR count). The Morgan fingerprint density at radius 2 is 1.89 bits per heavy atom. The summed E-state index contributed by atoms with van der Waals surface area (Å²) >= 11 is 0. The van der Waals surface area contributed by atoms with Crippen molar-refractivity contribution in [1.82, 2.24) is 19.3 Å². The zero-order valence-electron chi connectivity index (χ0n) is 21.5. The largest absolute Gasteiger partial charge is 0.497 e.